The Hall–Kier alpha value is -1.24. The van der Waals surface area contributed by atoms with E-state index in [0.717, 1.165) is 0 Å². The van der Waals surface area contributed by atoms with Crippen LogP contribution in [-0.2, 0) is 21.1 Å². The quantitative estimate of drug-likeness (QED) is 0.770. The number of rotatable bonds is 4. The number of hydrogen-bond donors (Lipinski definition) is 2. The van der Waals surface area contributed by atoms with Crippen molar-refractivity contribution in [2.24, 2.45) is 11.5 Å². The number of nitrogens with zero attached hydrogens (tertiary/aromatic N) is 1. The zero-order chi connectivity index (χ0) is 13.9. The van der Waals surface area contributed by atoms with Gasteiger partial charge in [-0.05, 0) is 5.56 Å². The van der Waals surface area contributed by atoms with Crippen molar-refractivity contribution >= 4 is 16.7 Å². The molecule has 1 amide bonds. The smallest absolute Gasteiger partial charge is 0.243 e. The van der Waals surface area contributed by atoms with Gasteiger partial charge >= 0.3 is 0 Å². The molecule has 1 aromatic rings. The Balaban J connectivity index is 2.16. The van der Waals surface area contributed by atoms with E-state index in [9.17, 15) is 9.00 Å². The minimum atomic E-state index is -1.19. The Morgan fingerprint density at radius 2 is 1.84 bits per heavy atom. The van der Waals surface area contributed by atoms with Crippen LogP contribution in [0.25, 0.3) is 0 Å². The Bertz CT molecular complexity index is 470. The van der Waals surface area contributed by atoms with Crippen LogP contribution in [0.3, 0.4) is 0 Å². The first kappa shape index (κ1) is 14.2. The number of carbonyl (C=O) groups is 1. The number of nitrogens with two attached hydrogens (primary N) is 2. The first-order valence-corrected chi connectivity index (χ1v) is 7.73. The van der Waals surface area contributed by atoms with Gasteiger partial charge in [-0.1, -0.05) is 30.3 Å². The summed E-state index contributed by atoms with van der Waals surface area (Å²) in [5, 5.41) is 0. The average Bonchev–Trinajstić information content (AvgIpc) is 2.42. The molecule has 1 atom stereocenters. The van der Waals surface area contributed by atoms with Crippen molar-refractivity contribution in [3.8, 4) is 0 Å². The van der Waals surface area contributed by atoms with Crippen LogP contribution in [0.1, 0.15) is 5.56 Å². The number of primary amides is 1. The van der Waals surface area contributed by atoms with Gasteiger partial charge in [-0.2, -0.15) is 0 Å². The highest BCUT2D eigenvalue weighted by atomic mass is 32.2. The van der Waals surface area contributed by atoms with Gasteiger partial charge in [0.1, 0.15) is 5.54 Å². The van der Waals surface area contributed by atoms with Crippen LogP contribution in [0.4, 0.5) is 0 Å². The summed E-state index contributed by atoms with van der Waals surface area (Å²) in [4.78, 5) is 13.8. The Labute approximate surface area is 115 Å². The second kappa shape index (κ2) is 5.81. The Kier molecular flexibility index (Phi) is 4.34. The Morgan fingerprint density at radius 1 is 1.26 bits per heavy atom. The molecule has 0 saturated carbocycles. The van der Waals surface area contributed by atoms with Gasteiger partial charge in [0.25, 0.3) is 0 Å². The van der Waals surface area contributed by atoms with E-state index in [4.69, 9.17) is 11.5 Å². The van der Waals surface area contributed by atoms with E-state index in [-0.39, 0.29) is 0 Å². The summed E-state index contributed by atoms with van der Waals surface area (Å²) in [7, 11) is -0.743. The lowest BCUT2D eigenvalue weighted by molar-refractivity contribution is -0.124. The molecule has 0 aromatic heterocycles. The zero-order valence-electron chi connectivity index (χ0n) is 10.7. The SMILES string of the molecule is NC(=O)C(N)(CN1CCS(=O)CC1)c1ccccc1. The molecule has 1 aliphatic rings. The highest BCUT2D eigenvalue weighted by Crippen LogP contribution is 2.20. The van der Waals surface area contributed by atoms with Crippen LogP contribution in [0.15, 0.2) is 30.3 Å². The molecule has 1 fully saturated rings. The maximum absolute atomic E-state index is 11.8. The molecule has 1 heterocycles. The van der Waals surface area contributed by atoms with Crippen LogP contribution in [-0.4, -0.2) is 46.2 Å². The summed E-state index contributed by atoms with van der Waals surface area (Å²) >= 11 is 0. The molecular formula is C13H19N3O2S. The molecular weight excluding hydrogens is 262 g/mol. The molecule has 0 radical (unpaired) electrons. The van der Waals surface area contributed by atoms with Crippen molar-refractivity contribution in [1.82, 2.24) is 4.90 Å². The van der Waals surface area contributed by atoms with E-state index in [1.807, 2.05) is 30.3 Å². The molecule has 0 spiro atoms. The summed E-state index contributed by atoms with van der Waals surface area (Å²) in [6.45, 7) is 1.74. The van der Waals surface area contributed by atoms with Crippen molar-refractivity contribution in [3.63, 3.8) is 0 Å². The molecule has 1 saturated heterocycles. The number of amides is 1. The maximum Gasteiger partial charge on any atom is 0.243 e. The van der Waals surface area contributed by atoms with Crippen LogP contribution < -0.4 is 11.5 Å². The largest absolute Gasteiger partial charge is 0.368 e. The summed E-state index contributed by atoms with van der Waals surface area (Å²) in [6.07, 6.45) is 0. The number of benzene rings is 1. The molecule has 4 N–H and O–H groups in total. The summed E-state index contributed by atoms with van der Waals surface area (Å²) in [5.74, 6) is 0.721. The minimum Gasteiger partial charge on any atom is -0.368 e. The molecule has 2 rings (SSSR count). The van der Waals surface area contributed by atoms with E-state index in [2.05, 4.69) is 4.90 Å². The van der Waals surface area contributed by atoms with Gasteiger partial charge in [0.2, 0.25) is 5.91 Å². The fourth-order valence-corrected chi connectivity index (χ4v) is 3.36. The fraction of sp³-hybridized carbons (Fsp3) is 0.462. The molecule has 5 nitrogen and oxygen atoms in total. The fourth-order valence-electron chi connectivity index (χ4n) is 2.23. The van der Waals surface area contributed by atoms with Gasteiger partial charge in [0.15, 0.2) is 0 Å². The average molecular weight is 281 g/mol. The standard InChI is InChI=1S/C13H19N3O2S/c14-12(17)13(15,11-4-2-1-3-5-11)10-16-6-8-19(18)9-7-16/h1-5H,6-10,15H2,(H2,14,17). The first-order valence-electron chi connectivity index (χ1n) is 6.24. The minimum absolute atomic E-state index is 0.365. The monoisotopic (exact) mass is 281 g/mol. The van der Waals surface area contributed by atoms with E-state index < -0.39 is 22.2 Å². The highest BCUT2D eigenvalue weighted by molar-refractivity contribution is 7.85. The van der Waals surface area contributed by atoms with Crippen LogP contribution in [0.2, 0.25) is 0 Å². The topological polar surface area (TPSA) is 89.4 Å². The van der Waals surface area contributed by atoms with Crippen molar-refractivity contribution in [3.05, 3.63) is 35.9 Å². The van der Waals surface area contributed by atoms with Gasteiger partial charge in [0.05, 0.1) is 0 Å². The molecule has 0 aliphatic carbocycles. The van der Waals surface area contributed by atoms with E-state index in [1.165, 1.54) is 0 Å². The van der Waals surface area contributed by atoms with Crippen molar-refractivity contribution in [1.29, 1.82) is 0 Å². The van der Waals surface area contributed by atoms with Crippen molar-refractivity contribution in [2.45, 2.75) is 5.54 Å². The van der Waals surface area contributed by atoms with E-state index >= 15 is 0 Å². The molecule has 1 aliphatic heterocycles. The van der Waals surface area contributed by atoms with Gasteiger partial charge in [-0.25, -0.2) is 0 Å². The van der Waals surface area contributed by atoms with Crippen LogP contribution in [0, 0.1) is 0 Å². The Morgan fingerprint density at radius 3 is 2.37 bits per heavy atom. The lowest BCUT2D eigenvalue weighted by Gasteiger charge is -2.35. The third-order valence-corrected chi connectivity index (χ3v) is 4.75. The van der Waals surface area contributed by atoms with Gasteiger partial charge in [-0.15, -0.1) is 0 Å². The third kappa shape index (κ3) is 3.20. The van der Waals surface area contributed by atoms with Crippen LogP contribution in [0.5, 0.6) is 0 Å². The molecule has 104 valence electrons. The van der Waals surface area contributed by atoms with Crippen molar-refractivity contribution < 1.29 is 9.00 Å². The number of carbonyl (C=O) groups excluding carboxylic acids is 1. The predicted molar refractivity (Wildman–Crippen MR) is 75.8 cm³/mol. The molecule has 1 aromatic carbocycles. The van der Waals surface area contributed by atoms with E-state index in [0.29, 0.717) is 36.7 Å². The zero-order valence-corrected chi connectivity index (χ0v) is 11.6. The summed E-state index contributed by atoms with van der Waals surface area (Å²) in [5.41, 5.74) is 11.3. The molecule has 0 bridgehead atoms. The van der Waals surface area contributed by atoms with E-state index in [1.54, 1.807) is 0 Å². The summed E-state index contributed by atoms with van der Waals surface area (Å²) < 4.78 is 11.3. The van der Waals surface area contributed by atoms with Crippen molar-refractivity contribution in [2.75, 3.05) is 31.1 Å². The summed E-state index contributed by atoms with van der Waals surface area (Å²) in [6, 6.07) is 9.17. The molecule has 1 unspecified atom stereocenters. The maximum atomic E-state index is 11.8. The molecule has 19 heavy (non-hydrogen) atoms. The number of hydrogen-bond acceptors (Lipinski definition) is 4. The third-order valence-electron chi connectivity index (χ3n) is 3.47. The lowest BCUT2D eigenvalue weighted by Crippen LogP contribution is -2.58. The van der Waals surface area contributed by atoms with Gasteiger partial charge in [-0.3, -0.25) is 13.9 Å². The highest BCUT2D eigenvalue weighted by Gasteiger charge is 2.36. The van der Waals surface area contributed by atoms with Gasteiger partial charge in [0, 0.05) is 41.9 Å². The second-order valence-corrected chi connectivity index (χ2v) is 6.52. The van der Waals surface area contributed by atoms with Crippen LogP contribution >= 0.6 is 0 Å². The lowest BCUT2D eigenvalue weighted by atomic mass is 9.89. The second-order valence-electron chi connectivity index (χ2n) is 4.83. The van der Waals surface area contributed by atoms with Gasteiger partial charge < -0.3 is 11.5 Å². The normalized spacial score (nSPS) is 20.9. The predicted octanol–water partition coefficient (Wildman–Crippen LogP) is -0.610. The first-order chi connectivity index (χ1) is 9.02. The molecule has 6 heteroatoms.